The van der Waals surface area contributed by atoms with Crippen molar-refractivity contribution in [2.24, 2.45) is 0 Å². The fourth-order valence-electron chi connectivity index (χ4n) is 2.78. The van der Waals surface area contributed by atoms with E-state index in [1.54, 1.807) is 24.3 Å². The Bertz CT molecular complexity index is 799. The van der Waals surface area contributed by atoms with Crippen LogP contribution in [0.25, 0.3) is 10.9 Å². The fraction of sp³-hybridized carbons (Fsp3) is 0.333. The molecule has 1 aromatic heterocycles. The van der Waals surface area contributed by atoms with E-state index >= 15 is 0 Å². The van der Waals surface area contributed by atoms with Crippen molar-refractivity contribution in [2.75, 3.05) is 6.54 Å². The highest BCUT2D eigenvalue weighted by atomic mass is 16.4. The third kappa shape index (κ3) is 2.45. The smallest absolute Gasteiger partial charge is 0.326 e. The predicted octanol–water partition coefficient (Wildman–Crippen LogP) is 0.472. The first-order valence-electron chi connectivity index (χ1n) is 7.04. The van der Waals surface area contributed by atoms with Gasteiger partial charge in [0.15, 0.2) is 0 Å². The van der Waals surface area contributed by atoms with E-state index in [-0.39, 0.29) is 18.0 Å². The predicted molar refractivity (Wildman–Crippen MR) is 78.4 cm³/mol. The molecule has 114 valence electrons. The maximum absolute atomic E-state index is 12.3. The second kappa shape index (κ2) is 5.59. The van der Waals surface area contributed by atoms with Gasteiger partial charge in [0.2, 0.25) is 5.91 Å². The average molecular weight is 301 g/mol. The van der Waals surface area contributed by atoms with Gasteiger partial charge in [0.25, 0.3) is 5.56 Å². The molecule has 22 heavy (non-hydrogen) atoms. The molecule has 2 aromatic rings. The first-order valence-corrected chi connectivity index (χ1v) is 7.04. The maximum atomic E-state index is 12.3. The van der Waals surface area contributed by atoms with Gasteiger partial charge in [0.05, 0.1) is 17.2 Å². The molecule has 0 radical (unpaired) electrons. The van der Waals surface area contributed by atoms with Crippen molar-refractivity contribution in [3.8, 4) is 0 Å². The fourth-order valence-corrected chi connectivity index (χ4v) is 2.78. The molecule has 0 aliphatic carbocycles. The summed E-state index contributed by atoms with van der Waals surface area (Å²) in [4.78, 5) is 41.2. The van der Waals surface area contributed by atoms with Crippen molar-refractivity contribution < 1.29 is 14.7 Å². The van der Waals surface area contributed by atoms with Gasteiger partial charge in [-0.3, -0.25) is 14.2 Å². The van der Waals surface area contributed by atoms with Crippen LogP contribution < -0.4 is 5.56 Å². The lowest BCUT2D eigenvalue weighted by atomic mass is 10.2. The first kappa shape index (κ1) is 14.2. The number of carbonyl (C=O) groups is 2. The van der Waals surface area contributed by atoms with E-state index in [0.29, 0.717) is 30.3 Å². The molecule has 0 saturated carbocycles. The molecule has 2 heterocycles. The number of benzene rings is 1. The van der Waals surface area contributed by atoms with E-state index in [1.165, 1.54) is 15.8 Å². The van der Waals surface area contributed by atoms with Crippen molar-refractivity contribution in [3.63, 3.8) is 0 Å². The number of hydrogen-bond donors (Lipinski definition) is 1. The SMILES string of the molecule is O=C(O)C1CCCN1C(=O)Cn1cnc2ccccc2c1=O. The van der Waals surface area contributed by atoms with E-state index in [2.05, 4.69) is 4.98 Å². The zero-order valence-corrected chi connectivity index (χ0v) is 11.8. The lowest BCUT2D eigenvalue weighted by molar-refractivity contribution is -0.148. The standard InChI is InChI=1S/C15H15N3O4/c19-13(18-7-3-6-12(18)15(21)22)8-17-9-16-11-5-2-1-4-10(11)14(17)20/h1-2,4-5,9,12H,3,6-8H2,(H,21,22). The minimum absolute atomic E-state index is 0.194. The van der Waals surface area contributed by atoms with Gasteiger partial charge in [0, 0.05) is 6.54 Å². The number of carboxylic acids is 1. The molecule has 7 heteroatoms. The molecule has 1 amide bonds. The van der Waals surface area contributed by atoms with Crippen LogP contribution in [0.5, 0.6) is 0 Å². The second-order valence-electron chi connectivity index (χ2n) is 5.28. The number of likely N-dealkylation sites (tertiary alicyclic amines) is 1. The number of hydrogen-bond acceptors (Lipinski definition) is 4. The number of fused-ring (bicyclic) bond motifs is 1. The van der Waals surface area contributed by atoms with Crippen LogP contribution in [0.4, 0.5) is 0 Å². The number of carbonyl (C=O) groups excluding carboxylic acids is 1. The van der Waals surface area contributed by atoms with Gasteiger partial charge in [-0.2, -0.15) is 0 Å². The zero-order valence-electron chi connectivity index (χ0n) is 11.8. The number of aromatic nitrogens is 2. The zero-order chi connectivity index (χ0) is 15.7. The molecule has 1 aromatic carbocycles. The van der Waals surface area contributed by atoms with Crippen molar-refractivity contribution in [2.45, 2.75) is 25.4 Å². The Morgan fingerprint density at radius 1 is 1.32 bits per heavy atom. The van der Waals surface area contributed by atoms with Gasteiger partial charge < -0.3 is 10.0 Å². The molecular weight excluding hydrogens is 286 g/mol. The van der Waals surface area contributed by atoms with Crippen LogP contribution in [-0.2, 0) is 16.1 Å². The Morgan fingerprint density at radius 2 is 2.09 bits per heavy atom. The van der Waals surface area contributed by atoms with E-state index in [1.807, 2.05) is 0 Å². The summed E-state index contributed by atoms with van der Waals surface area (Å²) in [7, 11) is 0. The molecule has 0 bridgehead atoms. The van der Waals surface area contributed by atoms with Gasteiger partial charge >= 0.3 is 5.97 Å². The summed E-state index contributed by atoms with van der Waals surface area (Å²) in [5, 5.41) is 9.56. The highest BCUT2D eigenvalue weighted by Gasteiger charge is 2.33. The van der Waals surface area contributed by atoms with Gasteiger partial charge in [-0.1, -0.05) is 12.1 Å². The summed E-state index contributed by atoms with van der Waals surface area (Å²) < 4.78 is 1.22. The largest absolute Gasteiger partial charge is 0.480 e. The minimum Gasteiger partial charge on any atom is -0.480 e. The van der Waals surface area contributed by atoms with Crippen LogP contribution in [0, 0.1) is 0 Å². The Kier molecular flexibility index (Phi) is 3.62. The summed E-state index contributed by atoms with van der Waals surface area (Å²) in [6, 6.07) is 6.10. The van der Waals surface area contributed by atoms with Gasteiger partial charge in [-0.05, 0) is 25.0 Å². The molecule has 1 N–H and O–H groups in total. The molecule has 7 nitrogen and oxygen atoms in total. The quantitative estimate of drug-likeness (QED) is 0.889. The number of aliphatic carboxylic acids is 1. The van der Waals surface area contributed by atoms with Crippen LogP contribution in [0.1, 0.15) is 12.8 Å². The summed E-state index contributed by atoms with van der Waals surface area (Å²) in [6.45, 7) is 0.214. The summed E-state index contributed by atoms with van der Waals surface area (Å²) in [6.07, 6.45) is 2.44. The Labute approximate surface area is 125 Å². The number of amides is 1. The lowest BCUT2D eigenvalue weighted by Crippen LogP contribution is -2.43. The summed E-state index contributed by atoms with van der Waals surface area (Å²) in [5.41, 5.74) is 0.269. The average Bonchev–Trinajstić information content (AvgIpc) is 3.00. The highest BCUT2D eigenvalue weighted by Crippen LogP contribution is 2.17. The van der Waals surface area contributed by atoms with E-state index < -0.39 is 12.0 Å². The third-order valence-corrected chi connectivity index (χ3v) is 3.90. The van der Waals surface area contributed by atoms with Crippen molar-refractivity contribution >= 4 is 22.8 Å². The lowest BCUT2D eigenvalue weighted by Gasteiger charge is -2.21. The normalized spacial score (nSPS) is 17.8. The molecule has 1 unspecified atom stereocenters. The molecular formula is C15H15N3O4. The van der Waals surface area contributed by atoms with Crippen LogP contribution in [0.2, 0.25) is 0 Å². The molecule has 1 saturated heterocycles. The van der Waals surface area contributed by atoms with Crippen molar-refractivity contribution in [3.05, 3.63) is 40.9 Å². The summed E-state index contributed by atoms with van der Waals surface area (Å²) >= 11 is 0. The number of nitrogens with zero attached hydrogens (tertiary/aromatic N) is 3. The minimum atomic E-state index is -1.00. The van der Waals surface area contributed by atoms with Gasteiger partial charge in [-0.15, -0.1) is 0 Å². The molecule has 1 aliphatic heterocycles. The van der Waals surface area contributed by atoms with Crippen LogP contribution >= 0.6 is 0 Å². The molecule has 1 aliphatic rings. The van der Waals surface area contributed by atoms with Crippen molar-refractivity contribution in [1.29, 1.82) is 0 Å². The Balaban J connectivity index is 1.87. The topological polar surface area (TPSA) is 92.5 Å². The van der Waals surface area contributed by atoms with Crippen molar-refractivity contribution in [1.82, 2.24) is 14.5 Å². The van der Waals surface area contributed by atoms with Crippen LogP contribution in [-0.4, -0.2) is 44.0 Å². The molecule has 3 rings (SSSR count). The first-order chi connectivity index (χ1) is 10.6. The Hall–Kier alpha value is -2.70. The van der Waals surface area contributed by atoms with Gasteiger partial charge in [0.1, 0.15) is 12.6 Å². The monoisotopic (exact) mass is 301 g/mol. The second-order valence-corrected chi connectivity index (χ2v) is 5.28. The van der Waals surface area contributed by atoms with Crippen LogP contribution in [0.15, 0.2) is 35.4 Å². The highest BCUT2D eigenvalue weighted by molar-refractivity contribution is 5.84. The number of rotatable bonds is 3. The molecule has 1 fully saturated rings. The maximum Gasteiger partial charge on any atom is 0.326 e. The van der Waals surface area contributed by atoms with Gasteiger partial charge in [-0.25, -0.2) is 9.78 Å². The number of para-hydroxylation sites is 1. The molecule has 0 spiro atoms. The summed E-state index contributed by atoms with van der Waals surface area (Å²) in [5.74, 6) is -1.38. The van der Waals surface area contributed by atoms with E-state index in [4.69, 9.17) is 5.11 Å². The van der Waals surface area contributed by atoms with E-state index in [0.717, 1.165) is 0 Å². The Morgan fingerprint density at radius 3 is 2.86 bits per heavy atom. The number of carboxylic acid groups (broad SMARTS) is 1. The molecule has 1 atom stereocenters. The van der Waals surface area contributed by atoms with Crippen LogP contribution in [0.3, 0.4) is 0 Å². The third-order valence-electron chi connectivity index (χ3n) is 3.90. The van der Waals surface area contributed by atoms with E-state index in [9.17, 15) is 14.4 Å².